The topological polar surface area (TPSA) is 71.8 Å². The number of carbonyl (C=O) groups is 1. The minimum Gasteiger partial charge on any atom is -0.325 e. The molecule has 0 aliphatic carbocycles. The summed E-state index contributed by atoms with van der Waals surface area (Å²) in [6.45, 7) is 8.22. The van der Waals surface area contributed by atoms with E-state index in [4.69, 9.17) is 0 Å². The van der Waals surface area contributed by atoms with Crippen LogP contribution in [0.25, 0.3) is 0 Å². The second kappa shape index (κ2) is 8.52. The summed E-state index contributed by atoms with van der Waals surface area (Å²) >= 11 is 1.46. The predicted molar refractivity (Wildman–Crippen MR) is 121 cm³/mol. The highest BCUT2D eigenvalue weighted by Gasteiger charge is 2.37. The van der Waals surface area contributed by atoms with E-state index in [9.17, 15) is 4.79 Å². The Morgan fingerprint density at radius 2 is 1.83 bits per heavy atom. The van der Waals surface area contributed by atoms with Crippen molar-refractivity contribution < 1.29 is 4.79 Å². The van der Waals surface area contributed by atoms with E-state index in [0.717, 1.165) is 46.2 Å². The Labute approximate surface area is 181 Å². The van der Waals surface area contributed by atoms with E-state index < -0.39 is 0 Å². The Bertz CT molecular complexity index is 1060. The van der Waals surface area contributed by atoms with Crippen LogP contribution in [-0.2, 0) is 11.2 Å². The van der Waals surface area contributed by atoms with Gasteiger partial charge in [0.1, 0.15) is 5.25 Å². The van der Waals surface area contributed by atoms with Crippen LogP contribution in [0.1, 0.15) is 47.5 Å². The number of thioether (sulfide) groups is 1. The predicted octanol–water partition coefficient (Wildman–Crippen LogP) is 4.55. The van der Waals surface area contributed by atoms with Crippen LogP contribution in [0.3, 0.4) is 0 Å². The number of nitrogens with zero attached hydrogens (tertiary/aromatic N) is 3. The van der Waals surface area contributed by atoms with Crippen LogP contribution in [0.15, 0.2) is 47.6 Å². The van der Waals surface area contributed by atoms with E-state index in [2.05, 4.69) is 65.1 Å². The minimum absolute atomic E-state index is 0.0435. The minimum atomic E-state index is -0.376. The second-order valence-corrected chi connectivity index (χ2v) is 8.96. The maximum atomic E-state index is 13.4. The molecule has 2 aromatic carbocycles. The number of carbonyl (C=O) groups excluding carboxylic acids is 1. The number of hydrogen-bond acceptors (Lipinski definition) is 5. The van der Waals surface area contributed by atoms with Gasteiger partial charge in [0.15, 0.2) is 5.82 Å². The molecule has 0 radical (unpaired) electrons. The molecule has 0 saturated carbocycles. The van der Waals surface area contributed by atoms with Gasteiger partial charge in [-0.15, -0.1) is 10.2 Å². The largest absolute Gasteiger partial charge is 0.325 e. The Morgan fingerprint density at radius 3 is 2.57 bits per heavy atom. The number of anilines is 1. The van der Waals surface area contributed by atoms with Crippen LogP contribution < -0.4 is 10.7 Å². The first-order valence-corrected chi connectivity index (χ1v) is 11.2. The summed E-state index contributed by atoms with van der Waals surface area (Å²) < 4.78 is 1.94. The fourth-order valence-corrected chi connectivity index (χ4v) is 4.68. The zero-order valence-electron chi connectivity index (χ0n) is 17.8. The summed E-state index contributed by atoms with van der Waals surface area (Å²) in [5.74, 6) is 0.851. The highest BCUT2D eigenvalue weighted by Crippen LogP contribution is 2.38. The van der Waals surface area contributed by atoms with Crippen molar-refractivity contribution in [1.82, 2.24) is 14.9 Å². The van der Waals surface area contributed by atoms with Gasteiger partial charge in [-0.1, -0.05) is 60.6 Å². The SMILES string of the molecule is CCCc1nnc2n1N[C@H](c1ccc(C)cc1)[C@H](C(=O)Nc1cc(C)ccc1C)S2. The van der Waals surface area contributed by atoms with Crippen molar-refractivity contribution in [3.05, 3.63) is 70.5 Å². The third-order valence-corrected chi connectivity index (χ3v) is 6.54. The molecule has 2 N–H and O–H groups in total. The van der Waals surface area contributed by atoms with E-state index in [-0.39, 0.29) is 17.2 Å². The van der Waals surface area contributed by atoms with Gasteiger partial charge in [0.05, 0.1) is 6.04 Å². The molecule has 156 valence electrons. The fourth-order valence-electron chi connectivity index (χ4n) is 3.58. The molecule has 3 aromatic rings. The first-order chi connectivity index (χ1) is 14.5. The molecule has 1 amide bonds. The maximum Gasteiger partial charge on any atom is 0.240 e. The smallest absolute Gasteiger partial charge is 0.240 e. The van der Waals surface area contributed by atoms with Gasteiger partial charge >= 0.3 is 0 Å². The Kier molecular flexibility index (Phi) is 5.81. The van der Waals surface area contributed by atoms with Crippen molar-refractivity contribution >= 4 is 23.4 Å². The van der Waals surface area contributed by atoms with Gasteiger partial charge in [0.2, 0.25) is 11.1 Å². The standard InChI is InChI=1S/C23H27N5OS/c1-5-6-19-25-26-23-28(19)27-20(17-11-8-14(2)9-12-17)21(30-23)22(29)24-18-13-15(3)7-10-16(18)4/h7-13,20-21,27H,5-6H2,1-4H3,(H,24,29)/t20-,21-/m1/s1. The summed E-state index contributed by atoms with van der Waals surface area (Å²) in [5.41, 5.74) is 8.78. The van der Waals surface area contributed by atoms with Crippen molar-refractivity contribution in [3.63, 3.8) is 0 Å². The van der Waals surface area contributed by atoms with Crippen molar-refractivity contribution in [2.24, 2.45) is 0 Å². The number of amides is 1. The number of rotatable bonds is 5. The summed E-state index contributed by atoms with van der Waals surface area (Å²) in [6.07, 6.45) is 1.82. The van der Waals surface area contributed by atoms with Gasteiger partial charge < -0.3 is 10.7 Å². The second-order valence-electron chi connectivity index (χ2n) is 7.85. The molecule has 0 spiro atoms. The molecule has 7 heteroatoms. The molecule has 1 aliphatic rings. The monoisotopic (exact) mass is 421 g/mol. The van der Waals surface area contributed by atoms with Gasteiger partial charge in [0.25, 0.3) is 0 Å². The van der Waals surface area contributed by atoms with Crippen LogP contribution in [0.4, 0.5) is 5.69 Å². The first kappa shape index (κ1) is 20.5. The van der Waals surface area contributed by atoms with Crippen molar-refractivity contribution in [2.45, 2.75) is 57.0 Å². The fraction of sp³-hybridized carbons (Fsp3) is 0.348. The highest BCUT2D eigenvalue weighted by atomic mass is 32.2. The third kappa shape index (κ3) is 4.07. The molecule has 0 bridgehead atoms. The summed E-state index contributed by atoms with van der Waals surface area (Å²) in [4.78, 5) is 13.4. The summed E-state index contributed by atoms with van der Waals surface area (Å²) in [5, 5.41) is 12.1. The van der Waals surface area contributed by atoms with Crippen LogP contribution in [0, 0.1) is 20.8 Å². The van der Waals surface area contributed by atoms with Gasteiger partial charge in [0, 0.05) is 12.1 Å². The molecular formula is C23H27N5OS. The normalized spacial score (nSPS) is 17.9. The number of nitrogens with one attached hydrogen (secondary N) is 2. The molecular weight excluding hydrogens is 394 g/mol. The molecule has 2 atom stereocenters. The average molecular weight is 422 g/mol. The summed E-state index contributed by atoms with van der Waals surface area (Å²) in [6, 6.07) is 14.2. The molecule has 4 rings (SSSR count). The van der Waals surface area contributed by atoms with E-state index in [1.54, 1.807) is 0 Å². The molecule has 1 aliphatic heterocycles. The Morgan fingerprint density at radius 1 is 1.10 bits per heavy atom. The molecule has 1 aromatic heterocycles. The molecule has 0 fully saturated rings. The number of aryl methyl sites for hydroxylation is 4. The van der Waals surface area contributed by atoms with Gasteiger partial charge in [-0.05, 0) is 49.9 Å². The summed E-state index contributed by atoms with van der Waals surface area (Å²) in [7, 11) is 0. The van der Waals surface area contributed by atoms with Crippen LogP contribution in [-0.4, -0.2) is 26.0 Å². The van der Waals surface area contributed by atoms with Crippen molar-refractivity contribution in [1.29, 1.82) is 0 Å². The Balaban J connectivity index is 1.68. The van der Waals surface area contributed by atoms with Gasteiger partial charge in [-0.3, -0.25) is 4.79 Å². The first-order valence-electron chi connectivity index (χ1n) is 10.3. The van der Waals surface area contributed by atoms with Crippen LogP contribution >= 0.6 is 11.8 Å². The number of benzene rings is 2. The lowest BCUT2D eigenvalue weighted by molar-refractivity contribution is -0.116. The lowest BCUT2D eigenvalue weighted by Crippen LogP contribution is -2.41. The van der Waals surface area contributed by atoms with Gasteiger partial charge in [-0.25, -0.2) is 4.68 Å². The molecule has 0 saturated heterocycles. The molecule has 0 unspecified atom stereocenters. The lowest BCUT2D eigenvalue weighted by Gasteiger charge is -2.33. The third-order valence-electron chi connectivity index (χ3n) is 5.32. The van der Waals surface area contributed by atoms with E-state index >= 15 is 0 Å². The van der Waals surface area contributed by atoms with Crippen molar-refractivity contribution in [3.8, 4) is 0 Å². The van der Waals surface area contributed by atoms with E-state index in [1.807, 2.05) is 30.7 Å². The zero-order chi connectivity index (χ0) is 21.3. The average Bonchev–Trinajstić information content (AvgIpc) is 3.12. The van der Waals surface area contributed by atoms with Crippen LogP contribution in [0.5, 0.6) is 0 Å². The molecule has 2 heterocycles. The quantitative estimate of drug-likeness (QED) is 0.632. The lowest BCUT2D eigenvalue weighted by atomic mass is 10.0. The maximum absolute atomic E-state index is 13.4. The van der Waals surface area contributed by atoms with E-state index in [0.29, 0.717) is 0 Å². The highest BCUT2D eigenvalue weighted by molar-refractivity contribution is 8.00. The molecule has 6 nitrogen and oxygen atoms in total. The number of aromatic nitrogens is 3. The van der Waals surface area contributed by atoms with Crippen LogP contribution in [0.2, 0.25) is 0 Å². The van der Waals surface area contributed by atoms with E-state index in [1.165, 1.54) is 17.3 Å². The number of fused-ring (bicyclic) bond motifs is 1. The van der Waals surface area contributed by atoms with Crippen molar-refractivity contribution in [2.75, 3.05) is 10.7 Å². The Hall–Kier alpha value is -2.80. The van der Waals surface area contributed by atoms with Gasteiger partial charge in [-0.2, -0.15) is 0 Å². The zero-order valence-corrected chi connectivity index (χ0v) is 18.6. The molecule has 30 heavy (non-hydrogen) atoms. The number of hydrogen-bond donors (Lipinski definition) is 2.